The molecule has 0 saturated carbocycles. The van der Waals surface area contributed by atoms with E-state index in [-0.39, 0.29) is 0 Å². The standard InChI is InChI=1S/C17H24N2/c1-4-11-19(12-5-2)13-16-9-8-15-7-6-10-18-17(15)14(16)3/h6-10H,4-5,11-13H2,1-3H3. The molecule has 2 nitrogen and oxygen atoms in total. The first-order valence-electron chi connectivity index (χ1n) is 7.31. The van der Waals surface area contributed by atoms with Crippen LogP contribution in [0.2, 0.25) is 0 Å². The summed E-state index contributed by atoms with van der Waals surface area (Å²) in [6.07, 6.45) is 4.31. The Balaban J connectivity index is 2.26. The van der Waals surface area contributed by atoms with E-state index in [0.29, 0.717) is 0 Å². The lowest BCUT2D eigenvalue weighted by Crippen LogP contribution is -2.25. The van der Waals surface area contributed by atoms with E-state index in [4.69, 9.17) is 0 Å². The predicted molar refractivity (Wildman–Crippen MR) is 82.3 cm³/mol. The molecule has 0 unspecified atom stereocenters. The van der Waals surface area contributed by atoms with Crippen LogP contribution >= 0.6 is 0 Å². The molecule has 19 heavy (non-hydrogen) atoms. The second-order valence-corrected chi connectivity index (χ2v) is 5.20. The first-order chi connectivity index (χ1) is 9.26. The lowest BCUT2D eigenvalue weighted by Gasteiger charge is -2.22. The SMILES string of the molecule is CCCN(CCC)Cc1ccc2cccnc2c1C. The number of nitrogens with zero attached hydrogens (tertiary/aromatic N) is 2. The van der Waals surface area contributed by atoms with Gasteiger partial charge in [-0.3, -0.25) is 9.88 Å². The van der Waals surface area contributed by atoms with E-state index in [1.807, 2.05) is 12.3 Å². The molecule has 0 atom stereocenters. The van der Waals surface area contributed by atoms with Gasteiger partial charge in [-0.05, 0) is 50.0 Å². The van der Waals surface area contributed by atoms with Gasteiger partial charge in [-0.1, -0.05) is 32.0 Å². The highest BCUT2D eigenvalue weighted by molar-refractivity contribution is 5.82. The van der Waals surface area contributed by atoms with Crippen molar-refractivity contribution < 1.29 is 0 Å². The molecule has 102 valence electrons. The monoisotopic (exact) mass is 256 g/mol. The molecule has 1 aromatic carbocycles. The predicted octanol–water partition coefficient (Wildman–Crippen LogP) is 4.17. The van der Waals surface area contributed by atoms with Gasteiger partial charge in [0.2, 0.25) is 0 Å². The number of hydrogen-bond acceptors (Lipinski definition) is 2. The number of benzene rings is 1. The van der Waals surface area contributed by atoms with Gasteiger partial charge in [-0.25, -0.2) is 0 Å². The molecule has 2 rings (SSSR count). The van der Waals surface area contributed by atoms with Gasteiger partial charge < -0.3 is 0 Å². The van der Waals surface area contributed by atoms with Crippen LogP contribution < -0.4 is 0 Å². The van der Waals surface area contributed by atoms with Gasteiger partial charge >= 0.3 is 0 Å². The Kier molecular flexibility index (Phi) is 4.92. The first kappa shape index (κ1) is 14.0. The summed E-state index contributed by atoms with van der Waals surface area (Å²) in [7, 11) is 0. The van der Waals surface area contributed by atoms with Gasteiger partial charge in [-0.15, -0.1) is 0 Å². The average Bonchev–Trinajstić information content (AvgIpc) is 2.43. The van der Waals surface area contributed by atoms with Crippen LogP contribution in [0.4, 0.5) is 0 Å². The minimum Gasteiger partial charge on any atom is -0.299 e. The molecule has 1 heterocycles. The van der Waals surface area contributed by atoms with Crippen LogP contribution in [0.3, 0.4) is 0 Å². The second-order valence-electron chi connectivity index (χ2n) is 5.20. The molecule has 0 amide bonds. The Morgan fingerprint density at radius 2 is 1.79 bits per heavy atom. The third kappa shape index (κ3) is 3.32. The summed E-state index contributed by atoms with van der Waals surface area (Å²) >= 11 is 0. The summed E-state index contributed by atoms with van der Waals surface area (Å²) in [4.78, 5) is 7.06. The van der Waals surface area contributed by atoms with Crippen molar-refractivity contribution in [3.8, 4) is 0 Å². The van der Waals surface area contributed by atoms with E-state index >= 15 is 0 Å². The van der Waals surface area contributed by atoms with Gasteiger partial charge in [0.25, 0.3) is 0 Å². The summed E-state index contributed by atoms with van der Waals surface area (Å²) < 4.78 is 0. The summed E-state index contributed by atoms with van der Waals surface area (Å²) in [5, 5.41) is 1.24. The van der Waals surface area contributed by atoms with E-state index in [0.717, 1.165) is 12.1 Å². The Hall–Kier alpha value is -1.41. The Morgan fingerprint density at radius 3 is 2.47 bits per heavy atom. The minimum absolute atomic E-state index is 1.04. The Bertz CT molecular complexity index is 528. The van der Waals surface area contributed by atoms with Crippen LogP contribution in [-0.2, 0) is 6.54 Å². The van der Waals surface area contributed by atoms with Crippen molar-refractivity contribution in [1.82, 2.24) is 9.88 Å². The summed E-state index contributed by atoms with van der Waals surface area (Å²) in [5.41, 5.74) is 3.89. The fraction of sp³-hybridized carbons (Fsp3) is 0.471. The molecular weight excluding hydrogens is 232 g/mol. The van der Waals surface area contributed by atoms with E-state index in [1.54, 1.807) is 0 Å². The van der Waals surface area contributed by atoms with E-state index in [9.17, 15) is 0 Å². The normalized spacial score (nSPS) is 11.4. The van der Waals surface area contributed by atoms with Crippen LogP contribution in [-0.4, -0.2) is 23.0 Å². The molecule has 0 fully saturated rings. The van der Waals surface area contributed by atoms with Crippen molar-refractivity contribution >= 4 is 10.9 Å². The maximum absolute atomic E-state index is 4.52. The molecule has 0 aliphatic carbocycles. The molecular formula is C17H24N2. The third-order valence-corrected chi connectivity index (χ3v) is 3.61. The molecule has 0 radical (unpaired) electrons. The number of rotatable bonds is 6. The van der Waals surface area contributed by atoms with Crippen molar-refractivity contribution in [3.63, 3.8) is 0 Å². The van der Waals surface area contributed by atoms with E-state index < -0.39 is 0 Å². The maximum Gasteiger partial charge on any atom is 0.0734 e. The fourth-order valence-corrected chi connectivity index (χ4v) is 2.65. The summed E-state index contributed by atoms with van der Waals surface area (Å²) in [5.74, 6) is 0. The number of pyridine rings is 1. The molecule has 2 aromatic rings. The number of fused-ring (bicyclic) bond motifs is 1. The zero-order valence-electron chi connectivity index (χ0n) is 12.3. The molecule has 0 saturated heterocycles. The number of hydrogen-bond donors (Lipinski definition) is 0. The maximum atomic E-state index is 4.52. The van der Waals surface area contributed by atoms with Gasteiger partial charge in [-0.2, -0.15) is 0 Å². The molecule has 0 bridgehead atoms. The highest BCUT2D eigenvalue weighted by Crippen LogP contribution is 2.21. The Morgan fingerprint density at radius 1 is 1.05 bits per heavy atom. The zero-order valence-corrected chi connectivity index (χ0v) is 12.3. The van der Waals surface area contributed by atoms with Crippen LogP contribution in [0.1, 0.15) is 37.8 Å². The van der Waals surface area contributed by atoms with E-state index in [2.05, 4.69) is 48.9 Å². The van der Waals surface area contributed by atoms with Crippen LogP contribution in [0.15, 0.2) is 30.5 Å². The van der Waals surface area contributed by atoms with Crippen molar-refractivity contribution in [1.29, 1.82) is 0 Å². The summed E-state index contributed by atoms with van der Waals surface area (Å²) in [6.45, 7) is 10.1. The minimum atomic E-state index is 1.04. The third-order valence-electron chi connectivity index (χ3n) is 3.61. The largest absolute Gasteiger partial charge is 0.299 e. The van der Waals surface area contributed by atoms with Crippen LogP contribution in [0, 0.1) is 6.92 Å². The second kappa shape index (κ2) is 6.67. The van der Waals surface area contributed by atoms with Crippen molar-refractivity contribution in [3.05, 3.63) is 41.6 Å². The molecule has 0 aliphatic rings. The average molecular weight is 256 g/mol. The number of aryl methyl sites for hydroxylation is 1. The van der Waals surface area contributed by atoms with Gasteiger partial charge in [0.15, 0.2) is 0 Å². The lowest BCUT2D eigenvalue weighted by atomic mass is 10.0. The smallest absolute Gasteiger partial charge is 0.0734 e. The van der Waals surface area contributed by atoms with Crippen LogP contribution in [0.5, 0.6) is 0 Å². The van der Waals surface area contributed by atoms with Gasteiger partial charge in [0.1, 0.15) is 0 Å². The highest BCUT2D eigenvalue weighted by atomic mass is 15.1. The highest BCUT2D eigenvalue weighted by Gasteiger charge is 2.08. The quantitative estimate of drug-likeness (QED) is 0.771. The first-order valence-corrected chi connectivity index (χ1v) is 7.31. The Labute approximate surface area is 116 Å². The van der Waals surface area contributed by atoms with Crippen molar-refractivity contribution in [2.45, 2.75) is 40.2 Å². The molecule has 1 aromatic heterocycles. The molecule has 2 heteroatoms. The van der Waals surface area contributed by atoms with Crippen molar-refractivity contribution in [2.24, 2.45) is 0 Å². The molecule has 0 spiro atoms. The molecule has 0 N–H and O–H groups in total. The van der Waals surface area contributed by atoms with Gasteiger partial charge in [0.05, 0.1) is 5.52 Å². The van der Waals surface area contributed by atoms with Crippen molar-refractivity contribution in [2.75, 3.05) is 13.1 Å². The number of aromatic nitrogens is 1. The molecule has 0 aliphatic heterocycles. The summed E-state index contributed by atoms with van der Waals surface area (Å²) in [6, 6.07) is 8.59. The fourth-order valence-electron chi connectivity index (χ4n) is 2.65. The van der Waals surface area contributed by atoms with Gasteiger partial charge in [0, 0.05) is 18.1 Å². The zero-order chi connectivity index (χ0) is 13.7. The lowest BCUT2D eigenvalue weighted by molar-refractivity contribution is 0.266. The topological polar surface area (TPSA) is 16.1 Å². The van der Waals surface area contributed by atoms with E-state index in [1.165, 1.54) is 42.4 Å². The van der Waals surface area contributed by atoms with Crippen LogP contribution in [0.25, 0.3) is 10.9 Å².